The molecule has 0 saturated heterocycles. The fraction of sp³-hybridized carbons (Fsp3) is 0.373. The van der Waals surface area contributed by atoms with Crippen LogP contribution in [0, 0.1) is 23.3 Å². The van der Waals surface area contributed by atoms with Gasteiger partial charge in [0.05, 0.1) is 33.9 Å². The van der Waals surface area contributed by atoms with Crippen LogP contribution >= 0.6 is 0 Å². The summed E-state index contributed by atoms with van der Waals surface area (Å²) in [6.45, 7) is 41.8. The summed E-state index contributed by atoms with van der Waals surface area (Å²) >= 11 is 0. The third-order valence-corrected chi connectivity index (χ3v) is 21.3. The van der Waals surface area contributed by atoms with Crippen molar-refractivity contribution in [1.82, 2.24) is 19.9 Å². The fourth-order valence-corrected chi connectivity index (χ4v) is 15.8. The Balaban J connectivity index is 1.42. The summed E-state index contributed by atoms with van der Waals surface area (Å²) in [6, 6.07) is 33.5. The summed E-state index contributed by atoms with van der Waals surface area (Å²) in [6.07, 6.45) is 8.67. The second-order valence-corrected chi connectivity index (χ2v) is 31.0. The first-order chi connectivity index (χ1) is 33.6. The van der Waals surface area contributed by atoms with Crippen LogP contribution in [0.2, 0.25) is 16.6 Å². The van der Waals surface area contributed by atoms with Crippen LogP contribution in [-0.2, 0) is 21.7 Å². The zero-order valence-electron chi connectivity index (χ0n) is 46.6. The van der Waals surface area contributed by atoms with Crippen LogP contribution in [-0.4, -0.2) is 28.0 Å². The van der Waals surface area contributed by atoms with E-state index in [-0.39, 0.29) is 21.7 Å². The van der Waals surface area contributed by atoms with Crippen molar-refractivity contribution < 1.29 is 0 Å². The summed E-state index contributed by atoms with van der Waals surface area (Å²) in [4.78, 5) is 18.8. The molecule has 0 saturated carbocycles. The van der Waals surface area contributed by atoms with E-state index in [1.165, 1.54) is 22.3 Å². The molecule has 0 spiro atoms. The first kappa shape index (κ1) is 51.9. The van der Waals surface area contributed by atoms with Crippen molar-refractivity contribution in [1.29, 1.82) is 0 Å². The van der Waals surface area contributed by atoms with Crippen LogP contribution < -0.4 is 0 Å². The molecule has 0 amide bonds. The average molecular weight is 967 g/mol. The molecule has 6 aromatic rings. The number of nitrogens with zero attached hydrogens (tertiary/aromatic N) is 2. The molecule has 8 rings (SSSR count). The van der Waals surface area contributed by atoms with Crippen LogP contribution in [0.25, 0.3) is 68.6 Å². The number of aromatic nitrogens is 4. The van der Waals surface area contributed by atoms with Crippen molar-refractivity contribution in [3.05, 3.63) is 153 Å². The van der Waals surface area contributed by atoms with Crippen LogP contribution in [0.4, 0.5) is 0 Å². The van der Waals surface area contributed by atoms with Gasteiger partial charge in [0.25, 0.3) is 0 Å². The molecule has 0 atom stereocenters. The Morgan fingerprint density at radius 1 is 0.403 bits per heavy atom. The summed E-state index contributed by atoms with van der Waals surface area (Å²) in [5.74, 6) is 10.8. The van der Waals surface area contributed by atoms with Gasteiger partial charge in [-0.1, -0.05) is 179 Å². The number of nitrogens with one attached hydrogen (secondary N) is 2. The molecule has 370 valence electrons. The Morgan fingerprint density at radius 3 is 1.22 bits per heavy atom. The first-order valence-electron chi connectivity index (χ1n) is 26.2. The lowest BCUT2D eigenvalue weighted by Crippen LogP contribution is -2.43. The molecule has 2 aliphatic heterocycles. The van der Waals surface area contributed by atoms with Gasteiger partial charge in [-0.05, 0) is 151 Å². The predicted molar refractivity (Wildman–Crippen MR) is 315 cm³/mol. The molecule has 8 bridgehead atoms. The van der Waals surface area contributed by atoms with E-state index in [4.69, 9.17) is 9.97 Å². The normalized spacial score (nSPS) is 13.2. The van der Waals surface area contributed by atoms with Gasteiger partial charge in [-0.3, -0.25) is 0 Å². The number of hydrogen-bond acceptors (Lipinski definition) is 2. The first-order valence-corrected chi connectivity index (χ1v) is 28.5. The smallest absolute Gasteiger partial charge is 0.146 e. The third-order valence-electron chi connectivity index (χ3n) is 15.0. The highest BCUT2D eigenvalue weighted by Gasteiger charge is 2.41. The van der Waals surface area contributed by atoms with E-state index in [1.54, 1.807) is 0 Å². The van der Waals surface area contributed by atoms with Crippen molar-refractivity contribution in [3.63, 3.8) is 0 Å². The molecule has 0 radical (unpaired) electrons. The van der Waals surface area contributed by atoms with Gasteiger partial charge in [0.2, 0.25) is 0 Å². The summed E-state index contributed by atoms with van der Waals surface area (Å²) < 4.78 is 0. The van der Waals surface area contributed by atoms with Gasteiger partial charge in [-0.25, -0.2) is 9.97 Å². The van der Waals surface area contributed by atoms with E-state index in [2.05, 4.69) is 273 Å². The molecule has 0 fully saturated rings. The molecule has 4 nitrogen and oxygen atoms in total. The van der Waals surface area contributed by atoms with Gasteiger partial charge >= 0.3 is 0 Å². The molecule has 2 aliphatic rings. The topological polar surface area (TPSA) is 57.4 Å². The Kier molecular flexibility index (Phi) is 13.9. The van der Waals surface area contributed by atoms with Gasteiger partial charge in [0.1, 0.15) is 8.07 Å². The largest absolute Gasteiger partial charge is 0.355 e. The zero-order chi connectivity index (χ0) is 52.3. The number of benzene rings is 3. The van der Waals surface area contributed by atoms with E-state index in [0.29, 0.717) is 16.6 Å². The van der Waals surface area contributed by atoms with E-state index in [0.717, 1.165) is 83.8 Å². The maximum atomic E-state index is 5.66. The number of hydrogen-bond donors (Lipinski definition) is 2. The number of fused-ring (bicyclic) bond motifs is 8. The molecular formula is C67H78N4Si. The number of H-pyrrole nitrogens is 2. The van der Waals surface area contributed by atoms with Crippen LogP contribution in [0.3, 0.4) is 0 Å². The van der Waals surface area contributed by atoms with Crippen LogP contribution in [0.15, 0.2) is 91.0 Å². The van der Waals surface area contributed by atoms with Gasteiger partial charge in [0, 0.05) is 38.8 Å². The number of aromatic amines is 2. The molecular weight excluding hydrogens is 889 g/mol. The lowest BCUT2D eigenvalue weighted by Gasteiger charge is -2.38. The average Bonchev–Trinajstić information content (AvgIpc) is 4.13. The fourth-order valence-electron chi connectivity index (χ4n) is 10.5. The minimum Gasteiger partial charge on any atom is -0.355 e. The highest BCUT2D eigenvalue weighted by atomic mass is 28.3. The maximum Gasteiger partial charge on any atom is 0.146 e. The lowest BCUT2D eigenvalue weighted by atomic mass is 9.78. The highest BCUT2D eigenvalue weighted by molar-refractivity contribution is 6.90. The van der Waals surface area contributed by atoms with E-state index in [1.807, 2.05) is 0 Å². The summed E-state index contributed by atoms with van der Waals surface area (Å²) in [5.41, 5.74) is 24.8. The Labute approximate surface area is 433 Å². The van der Waals surface area contributed by atoms with Crippen molar-refractivity contribution in [3.8, 4) is 45.6 Å². The van der Waals surface area contributed by atoms with Crippen LogP contribution in [0.5, 0.6) is 0 Å². The molecule has 72 heavy (non-hydrogen) atoms. The third kappa shape index (κ3) is 10.7. The predicted octanol–water partition coefficient (Wildman–Crippen LogP) is 18.1. The SMILES string of the molecule is CC(C)[Si](C#Cc1ccc(C#Cc2c3nc(c(-c4cc(C(C)(C)C)cc(C(C)(C)C)c4)c4nc(c(-c5cc(C(C)(C)C)cc(C(C)(C)C)c5)c5ccc(cc6ccc2[nH]6)[nH]5)C=C4)C=C3)cc1)(C(C)C)C(C)C. The van der Waals surface area contributed by atoms with Gasteiger partial charge in [0.15, 0.2) is 0 Å². The van der Waals surface area contributed by atoms with Crippen LogP contribution in [0.1, 0.15) is 186 Å². The molecule has 3 aromatic heterocycles. The van der Waals surface area contributed by atoms with Gasteiger partial charge < -0.3 is 9.97 Å². The lowest BCUT2D eigenvalue weighted by molar-refractivity contribution is 0.568. The van der Waals surface area contributed by atoms with Crippen molar-refractivity contribution in [2.45, 2.75) is 163 Å². The second kappa shape index (κ2) is 19.2. The monoisotopic (exact) mass is 967 g/mol. The maximum absolute atomic E-state index is 5.66. The molecule has 0 aliphatic carbocycles. The second-order valence-electron chi connectivity index (χ2n) is 25.4. The van der Waals surface area contributed by atoms with Crippen molar-refractivity contribution in [2.24, 2.45) is 0 Å². The van der Waals surface area contributed by atoms with E-state index in [9.17, 15) is 0 Å². The Morgan fingerprint density at radius 2 is 0.778 bits per heavy atom. The molecule has 3 aromatic carbocycles. The van der Waals surface area contributed by atoms with Gasteiger partial charge in [-0.2, -0.15) is 0 Å². The number of rotatable bonds is 5. The molecule has 5 heteroatoms. The zero-order valence-corrected chi connectivity index (χ0v) is 47.6. The summed E-state index contributed by atoms with van der Waals surface area (Å²) in [7, 11) is -1.86. The Hall–Kier alpha value is -6.40. The molecule has 5 heterocycles. The van der Waals surface area contributed by atoms with E-state index >= 15 is 0 Å². The molecule has 0 unspecified atom stereocenters. The summed E-state index contributed by atoms with van der Waals surface area (Å²) in [5, 5.41) is 0. The minimum atomic E-state index is -1.86. The standard InChI is InChI=1S/C67H78N4Si/c1-42(2)72(43(3)4,44(5)6)34-33-46-21-19-45(20-22-46)23-26-55-56-27-24-53(68-56)41-54-25-28-58(69-54)62(47-35-49(64(7,8)9)39-50(36-47)65(10,11)12)60-31-32-61(71-60)63(59-30-29-57(55)70-59)48-37-51(66(13,14)15)40-52(38-48)67(16,17)18/h19-22,24-25,27-32,35-44,68-69H,1-18H3. The quantitative estimate of drug-likeness (QED) is 0.133. The van der Waals surface area contributed by atoms with E-state index < -0.39 is 8.07 Å². The van der Waals surface area contributed by atoms with Gasteiger partial charge in [-0.15, -0.1) is 5.54 Å². The highest BCUT2D eigenvalue weighted by Crippen LogP contribution is 2.43. The minimum absolute atomic E-state index is 0.0620. The van der Waals surface area contributed by atoms with Crippen molar-refractivity contribution >= 4 is 54.4 Å². The molecule has 2 N–H and O–H groups in total. The van der Waals surface area contributed by atoms with Crippen molar-refractivity contribution in [2.75, 3.05) is 0 Å². The Bertz CT molecular complexity index is 3340.